The van der Waals surface area contributed by atoms with Gasteiger partial charge in [0.1, 0.15) is 11.6 Å². The number of carbonyl (C=O) groups excluding carboxylic acids is 2. The van der Waals surface area contributed by atoms with Crippen molar-refractivity contribution < 1.29 is 19.1 Å². The van der Waals surface area contributed by atoms with Crippen molar-refractivity contribution in [3.63, 3.8) is 0 Å². The summed E-state index contributed by atoms with van der Waals surface area (Å²) in [7, 11) is 0. The number of ether oxygens (including phenoxy) is 2. The molecule has 0 bridgehead atoms. The molecule has 0 aromatic heterocycles. The summed E-state index contributed by atoms with van der Waals surface area (Å²) >= 11 is 15.3. The van der Waals surface area contributed by atoms with Crippen molar-refractivity contribution in [3.05, 3.63) is 85.8 Å². The third kappa shape index (κ3) is 7.99. The zero-order valence-electron chi connectivity index (χ0n) is 19.9. The number of benzene rings is 3. The van der Waals surface area contributed by atoms with Gasteiger partial charge in [0, 0.05) is 11.4 Å². The molecule has 0 atom stereocenters. The minimum Gasteiger partial charge on any atom is -0.490 e. The molecule has 0 heterocycles. The van der Waals surface area contributed by atoms with Gasteiger partial charge in [-0.2, -0.15) is 5.26 Å². The van der Waals surface area contributed by atoms with Crippen LogP contribution in [0.5, 0.6) is 11.5 Å². The van der Waals surface area contributed by atoms with Crippen LogP contribution in [0.25, 0.3) is 6.08 Å². The molecule has 0 radical (unpaired) electrons. The Labute approximate surface area is 233 Å². The van der Waals surface area contributed by atoms with Gasteiger partial charge in [-0.1, -0.05) is 35.3 Å². The highest BCUT2D eigenvalue weighted by Gasteiger charge is 2.16. The molecule has 0 unspecified atom stereocenters. The van der Waals surface area contributed by atoms with Crippen molar-refractivity contribution in [1.82, 2.24) is 0 Å². The van der Waals surface area contributed by atoms with Crippen LogP contribution < -0.4 is 20.1 Å². The molecule has 3 rings (SSSR count). The van der Waals surface area contributed by atoms with Crippen LogP contribution >= 0.6 is 39.1 Å². The van der Waals surface area contributed by atoms with Crippen LogP contribution in [0.3, 0.4) is 0 Å². The summed E-state index contributed by atoms with van der Waals surface area (Å²) < 4.78 is 11.9. The third-order valence-electron chi connectivity index (χ3n) is 4.83. The highest BCUT2D eigenvalue weighted by Crippen LogP contribution is 2.37. The van der Waals surface area contributed by atoms with E-state index in [9.17, 15) is 14.9 Å². The molecular weight excluding hydrogens is 581 g/mol. The SMILES string of the molecule is CCOc1cc(/C=C(\C#N)C(=O)Nc2cccc(C)c2)cc(Br)c1OCC(=O)Nc1ccc(Cl)c(Cl)c1. The van der Waals surface area contributed by atoms with E-state index < -0.39 is 11.8 Å². The summed E-state index contributed by atoms with van der Waals surface area (Å²) in [5, 5.41) is 15.7. The van der Waals surface area contributed by atoms with E-state index in [1.165, 1.54) is 12.1 Å². The molecule has 2 amide bonds. The predicted octanol–water partition coefficient (Wildman–Crippen LogP) is 7.03. The van der Waals surface area contributed by atoms with Gasteiger partial charge in [-0.3, -0.25) is 9.59 Å². The number of hydrogen-bond donors (Lipinski definition) is 2. The number of nitriles is 1. The number of aryl methyl sites for hydroxylation is 1. The van der Waals surface area contributed by atoms with Crippen LogP contribution in [-0.4, -0.2) is 25.0 Å². The fourth-order valence-electron chi connectivity index (χ4n) is 3.22. The van der Waals surface area contributed by atoms with Crippen molar-refractivity contribution in [2.45, 2.75) is 13.8 Å². The zero-order chi connectivity index (χ0) is 26.9. The van der Waals surface area contributed by atoms with E-state index >= 15 is 0 Å². The second kappa shape index (κ2) is 13.2. The van der Waals surface area contributed by atoms with Crippen LogP contribution in [0, 0.1) is 18.3 Å². The number of nitrogens with one attached hydrogen (secondary N) is 2. The van der Waals surface area contributed by atoms with Crippen LogP contribution in [0.15, 0.2) is 64.6 Å². The minimum absolute atomic E-state index is 0.0921. The highest BCUT2D eigenvalue weighted by atomic mass is 79.9. The van der Waals surface area contributed by atoms with Crippen LogP contribution in [0.1, 0.15) is 18.1 Å². The lowest BCUT2D eigenvalue weighted by Crippen LogP contribution is -2.20. The lowest BCUT2D eigenvalue weighted by atomic mass is 10.1. The first-order chi connectivity index (χ1) is 17.7. The summed E-state index contributed by atoms with van der Waals surface area (Å²) in [6, 6.07) is 17.2. The largest absolute Gasteiger partial charge is 0.490 e. The fourth-order valence-corrected chi connectivity index (χ4v) is 4.09. The van der Waals surface area contributed by atoms with Crippen LogP contribution in [0.4, 0.5) is 11.4 Å². The monoisotopic (exact) mass is 601 g/mol. The number of hydrogen-bond acceptors (Lipinski definition) is 5. The molecule has 0 fully saturated rings. The Morgan fingerprint density at radius 3 is 2.46 bits per heavy atom. The lowest BCUT2D eigenvalue weighted by molar-refractivity contribution is -0.118. The molecule has 3 aromatic carbocycles. The van der Waals surface area contributed by atoms with Gasteiger partial charge in [-0.15, -0.1) is 0 Å². The minimum atomic E-state index is -0.540. The van der Waals surface area contributed by atoms with Crippen molar-refractivity contribution in [3.8, 4) is 17.6 Å². The molecule has 37 heavy (non-hydrogen) atoms. The first-order valence-electron chi connectivity index (χ1n) is 11.0. The summed E-state index contributed by atoms with van der Waals surface area (Å²) in [5.41, 5.74) is 2.47. The Kier molecular flexibility index (Phi) is 9.98. The van der Waals surface area contributed by atoms with Crippen molar-refractivity contribution in [2.24, 2.45) is 0 Å². The maximum Gasteiger partial charge on any atom is 0.266 e. The Bertz CT molecular complexity index is 1400. The molecule has 0 saturated heterocycles. The maximum atomic E-state index is 12.7. The standard InChI is InChI=1S/C27H22BrCl2N3O4/c1-3-36-24-12-17(10-18(14-31)27(35)33-19-6-4-5-16(2)9-19)11-21(28)26(24)37-15-25(34)32-20-7-8-22(29)23(30)13-20/h4-13H,3,15H2,1-2H3,(H,32,34)(H,33,35)/b18-10+. The summed E-state index contributed by atoms with van der Waals surface area (Å²) in [5.74, 6) is -0.328. The van der Waals surface area contributed by atoms with Gasteiger partial charge in [0.25, 0.3) is 11.8 Å². The first kappa shape index (κ1) is 28.1. The molecule has 0 spiro atoms. The van der Waals surface area contributed by atoms with E-state index in [1.54, 1.807) is 43.3 Å². The number of carbonyl (C=O) groups is 2. The topological polar surface area (TPSA) is 100 Å². The summed E-state index contributed by atoms with van der Waals surface area (Å²) in [4.78, 5) is 25.1. The number of rotatable bonds is 9. The normalized spacial score (nSPS) is 10.9. The molecule has 0 aliphatic carbocycles. The van der Waals surface area contributed by atoms with Gasteiger partial charge in [0.15, 0.2) is 18.1 Å². The van der Waals surface area contributed by atoms with Crippen molar-refractivity contribution >= 4 is 68.4 Å². The average molecular weight is 603 g/mol. The Balaban J connectivity index is 1.77. The molecule has 10 heteroatoms. The van der Waals surface area contributed by atoms with Crippen LogP contribution in [-0.2, 0) is 9.59 Å². The zero-order valence-corrected chi connectivity index (χ0v) is 23.0. The van der Waals surface area contributed by atoms with E-state index in [1.807, 2.05) is 25.1 Å². The highest BCUT2D eigenvalue weighted by molar-refractivity contribution is 9.10. The molecule has 190 valence electrons. The average Bonchev–Trinajstić information content (AvgIpc) is 2.84. The van der Waals surface area contributed by atoms with Crippen molar-refractivity contribution in [1.29, 1.82) is 5.26 Å². The molecule has 0 aliphatic rings. The predicted molar refractivity (Wildman–Crippen MR) is 149 cm³/mol. The quantitative estimate of drug-likeness (QED) is 0.202. The van der Waals surface area contributed by atoms with Crippen molar-refractivity contribution in [2.75, 3.05) is 23.8 Å². The third-order valence-corrected chi connectivity index (χ3v) is 6.16. The Hall–Kier alpha value is -3.51. The molecule has 0 aliphatic heterocycles. The van der Waals surface area contributed by atoms with E-state index in [-0.39, 0.29) is 12.2 Å². The Morgan fingerprint density at radius 1 is 1.03 bits per heavy atom. The lowest BCUT2D eigenvalue weighted by Gasteiger charge is -2.15. The first-order valence-corrected chi connectivity index (χ1v) is 12.6. The molecular formula is C27H22BrCl2N3O4. The van der Waals surface area contributed by atoms with E-state index in [2.05, 4.69) is 26.6 Å². The maximum absolute atomic E-state index is 12.7. The second-order valence-electron chi connectivity index (χ2n) is 7.72. The molecule has 2 N–H and O–H groups in total. The van der Waals surface area contributed by atoms with E-state index in [0.717, 1.165) is 5.56 Å². The van der Waals surface area contributed by atoms with E-state index in [4.69, 9.17) is 32.7 Å². The molecule has 0 saturated carbocycles. The van der Waals surface area contributed by atoms with E-state index in [0.29, 0.717) is 49.6 Å². The van der Waals surface area contributed by atoms with Gasteiger partial charge in [-0.05, 0) is 89.4 Å². The number of amides is 2. The second-order valence-corrected chi connectivity index (χ2v) is 9.39. The van der Waals surface area contributed by atoms with Gasteiger partial charge in [0.2, 0.25) is 0 Å². The molecule has 7 nitrogen and oxygen atoms in total. The number of halogens is 3. The van der Waals surface area contributed by atoms with Gasteiger partial charge in [-0.25, -0.2) is 0 Å². The van der Waals surface area contributed by atoms with Gasteiger partial charge >= 0.3 is 0 Å². The van der Waals surface area contributed by atoms with Gasteiger partial charge in [0.05, 0.1) is 21.1 Å². The van der Waals surface area contributed by atoms with Gasteiger partial charge < -0.3 is 20.1 Å². The number of nitrogens with zero attached hydrogens (tertiary/aromatic N) is 1. The Morgan fingerprint density at radius 2 is 1.78 bits per heavy atom. The van der Waals surface area contributed by atoms with Crippen LogP contribution in [0.2, 0.25) is 10.0 Å². The summed E-state index contributed by atoms with van der Waals surface area (Å²) in [6.45, 7) is 3.72. The smallest absolute Gasteiger partial charge is 0.266 e. The fraction of sp³-hybridized carbons (Fsp3) is 0.148. The summed E-state index contributed by atoms with van der Waals surface area (Å²) in [6.07, 6.45) is 1.44. The number of anilines is 2. The molecule has 3 aromatic rings.